The van der Waals surface area contributed by atoms with Crippen LogP contribution in [0.4, 0.5) is 10.5 Å². The zero-order chi connectivity index (χ0) is 14.5. The van der Waals surface area contributed by atoms with Gasteiger partial charge in [-0.05, 0) is 26.0 Å². The zero-order valence-corrected chi connectivity index (χ0v) is 11.2. The Bertz CT molecular complexity index is 471. The van der Waals surface area contributed by atoms with E-state index in [0.29, 0.717) is 11.4 Å². The number of amides is 2. The Morgan fingerprint density at radius 2 is 1.95 bits per heavy atom. The number of urea groups is 1. The Labute approximate surface area is 111 Å². The first-order chi connectivity index (χ1) is 8.84. The number of carboxylic acids is 1. The van der Waals surface area contributed by atoms with E-state index in [-0.39, 0.29) is 6.42 Å². The molecule has 3 N–H and O–H groups in total. The highest BCUT2D eigenvalue weighted by molar-refractivity contribution is 5.91. The lowest BCUT2D eigenvalue weighted by Gasteiger charge is -2.24. The number of methoxy groups -OCH3 is 1. The molecule has 0 fully saturated rings. The second kappa shape index (κ2) is 6.08. The largest absolute Gasteiger partial charge is 0.495 e. The van der Waals surface area contributed by atoms with Crippen LogP contribution in [0.1, 0.15) is 20.3 Å². The van der Waals surface area contributed by atoms with Crippen LogP contribution in [0.2, 0.25) is 0 Å². The lowest BCUT2D eigenvalue weighted by Crippen LogP contribution is -2.46. The number of anilines is 1. The summed E-state index contributed by atoms with van der Waals surface area (Å²) in [6, 6.07) is 6.49. The summed E-state index contributed by atoms with van der Waals surface area (Å²) in [5, 5.41) is 14.0. The molecule has 19 heavy (non-hydrogen) atoms. The van der Waals surface area contributed by atoms with E-state index in [4.69, 9.17) is 9.84 Å². The molecular weight excluding hydrogens is 248 g/mol. The molecule has 0 aliphatic rings. The van der Waals surface area contributed by atoms with Crippen molar-refractivity contribution < 1.29 is 19.4 Å². The summed E-state index contributed by atoms with van der Waals surface area (Å²) in [6.45, 7) is 3.28. The molecule has 1 rings (SSSR count). The van der Waals surface area contributed by atoms with Crippen molar-refractivity contribution in [1.82, 2.24) is 5.32 Å². The number of benzene rings is 1. The summed E-state index contributed by atoms with van der Waals surface area (Å²) in [5.41, 5.74) is -0.314. The molecule has 0 bridgehead atoms. The Balaban J connectivity index is 2.67. The van der Waals surface area contributed by atoms with E-state index in [0.717, 1.165) is 0 Å². The lowest BCUT2D eigenvalue weighted by atomic mass is 10.0. The van der Waals surface area contributed by atoms with E-state index >= 15 is 0 Å². The smallest absolute Gasteiger partial charge is 0.319 e. The van der Waals surface area contributed by atoms with Gasteiger partial charge in [0.15, 0.2) is 0 Å². The first kappa shape index (κ1) is 14.8. The van der Waals surface area contributed by atoms with Gasteiger partial charge in [0.25, 0.3) is 0 Å². The minimum Gasteiger partial charge on any atom is -0.495 e. The molecule has 0 unspecified atom stereocenters. The third kappa shape index (κ3) is 4.87. The van der Waals surface area contributed by atoms with E-state index in [2.05, 4.69) is 10.6 Å². The number of hydrogen-bond acceptors (Lipinski definition) is 3. The maximum Gasteiger partial charge on any atom is 0.319 e. The topological polar surface area (TPSA) is 87.7 Å². The van der Waals surface area contributed by atoms with Gasteiger partial charge >= 0.3 is 12.0 Å². The normalized spacial score (nSPS) is 10.7. The quantitative estimate of drug-likeness (QED) is 0.761. The summed E-state index contributed by atoms with van der Waals surface area (Å²) >= 11 is 0. The van der Waals surface area contributed by atoms with Crippen LogP contribution in [-0.4, -0.2) is 29.8 Å². The van der Waals surface area contributed by atoms with E-state index in [9.17, 15) is 9.59 Å². The van der Waals surface area contributed by atoms with Crippen molar-refractivity contribution in [1.29, 1.82) is 0 Å². The van der Waals surface area contributed by atoms with E-state index in [1.165, 1.54) is 7.11 Å². The van der Waals surface area contributed by atoms with E-state index in [1.54, 1.807) is 38.1 Å². The number of carbonyl (C=O) groups excluding carboxylic acids is 1. The molecule has 1 aromatic rings. The molecule has 1 aromatic carbocycles. The van der Waals surface area contributed by atoms with Gasteiger partial charge in [0.1, 0.15) is 5.75 Å². The molecular formula is C13H18N2O4. The number of aliphatic carboxylic acids is 1. The van der Waals surface area contributed by atoms with Gasteiger partial charge in [-0.25, -0.2) is 4.79 Å². The molecule has 0 heterocycles. The molecule has 0 spiro atoms. The molecule has 0 aliphatic carbocycles. The molecule has 0 radical (unpaired) electrons. The number of nitrogens with one attached hydrogen (secondary N) is 2. The van der Waals surface area contributed by atoms with Gasteiger partial charge in [0.2, 0.25) is 0 Å². The number of ether oxygens (including phenoxy) is 1. The Morgan fingerprint density at radius 1 is 1.32 bits per heavy atom. The molecule has 6 nitrogen and oxygen atoms in total. The molecule has 0 atom stereocenters. The molecule has 2 amide bonds. The fourth-order valence-electron chi connectivity index (χ4n) is 1.63. The summed E-state index contributed by atoms with van der Waals surface area (Å²) in [4.78, 5) is 22.5. The molecule has 6 heteroatoms. The van der Waals surface area contributed by atoms with E-state index in [1.807, 2.05) is 0 Å². The fourth-order valence-corrected chi connectivity index (χ4v) is 1.63. The van der Waals surface area contributed by atoms with Crippen LogP contribution in [0.3, 0.4) is 0 Å². The summed E-state index contributed by atoms with van der Waals surface area (Å²) in [5.74, 6) is -0.434. The van der Waals surface area contributed by atoms with Crippen molar-refractivity contribution in [3.8, 4) is 5.75 Å². The number of hydrogen-bond donors (Lipinski definition) is 3. The van der Waals surface area contributed by atoms with Crippen molar-refractivity contribution in [2.45, 2.75) is 25.8 Å². The highest BCUT2D eigenvalue weighted by atomic mass is 16.5. The molecule has 0 aliphatic heterocycles. The van der Waals surface area contributed by atoms with Gasteiger partial charge in [0, 0.05) is 5.54 Å². The summed E-state index contributed by atoms with van der Waals surface area (Å²) < 4.78 is 5.10. The predicted molar refractivity (Wildman–Crippen MR) is 71.5 cm³/mol. The number of carbonyl (C=O) groups is 2. The second-order valence-corrected chi connectivity index (χ2v) is 4.73. The highest BCUT2D eigenvalue weighted by Crippen LogP contribution is 2.23. The Hall–Kier alpha value is -2.24. The van der Waals surface area contributed by atoms with Gasteiger partial charge in [-0.15, -0.1) is 0 Å². The highest BCUT2D eigenvalue weighted by Gasteiger charge is 2.24. The van der Waals surface area contributed by atoms with Crippen molar-refractivity contribution in [2.75, 3.05) is 12.4 Å². The van der Waals surface area contributed by atoms with Crippen LogP contribution in [0, 0.1) is 0 Å². The molecule has 0 saturated carbocycles. The van der Waals surface area contributed by atoms with Gasteiger partial charge < -0.3 is 20.5 Å². The molecule has 104 valence electrons. The van der Waals surface area contributed by atoms with Crippen LogP contribution in [-0.2, 0) is 4.79 Å². The maximum absolute atomic E-state index is 11.8. The third-order valence-electron chi connectivity index (χ3n) is 2.40. The minimum atomic E-state index is -0.970. The third-order valence-corrected chi connectivity index (χ3v) is 2.40. The lowest BCUT2D eigenvalue weighted by molar-refractivity contribution is -0.138. The summed E-state index contributed by atoms with van der Waals surface area (Å²) in [6.07, 6.45) is -0.160. The van der Waals surface area contributed by atoms with Crippen LogP contribution >= 0.6 is 0 Å². The maximum atomic E-state index is 11.8. The fraction of sp³-hybridized carbons (Fsp3) is 0.385. The van der Waals surface area contributed by atoms with Gasteiger partial charge in [-0.2, -0.15) is 0 Å². The average molecular weight is 266 g/mol. The first-order valence-electron chi connectivity index (χ1n) is 5.78. The van der Waals surface area contributed by atoms with Crippen molar-refractivity contribution in [2.24, 2.45) is 0 Å². The Morgan fingerprint density at radius 3 is 2.53 bits per heavy atom. The van der Waals surface area contributed by atoms with Gasteiger partial charge in [-0.3, -0.25) is 4.79 Å². The average Bonchev–Trinajstić information content (AvgIpc) is 2.26. The number of carboxylic acid groups (broad SMARTS) is 1. The zero-order valence-electron chi connectivity index (χ0n) is 11.2. The van der Waals surface area contributed by atoms with E-state index < -0.39 is 17.5 Å². The van der Waals surface area contributed by atoms with Crippen molar-refractivity contribution >= 4 is 17.7 Å². The summed E-state index contributed by atoms with van der Waals surface area (Å²) in [7, 11) is 1.51. The first-order valence-corrected chi connectivity index (χ1v) is 5.78. The number of para-hydroxylation sites is 2. The monoisotopic (exact) mass is 266 g/mol. The SMILES string of the molecule is COc1ccccc1NC(=O)NC(C)(C)CC(=O)O. The predicted octanol–water partition coefficient (Wildman–Crippen LogP) is 2.07. The minimum absolute atomic E-state index is 0.160. The standard InChI is InChI=1S/C13H18N2O4/c1-13(2,8-11(16)17)15-12(18)14-9-6-4-5-7-10(9)19-3/h4-7H,8H2,1-3H3,(H,16,17)(H2,14,15,18). The van der Waals surface area contributed by atoms with Crippen molar-refractivity contribution in [3.63, 3.8) is 0 Å². The van der Waals surface area contributed by atoms with Crippen molar-refractivity contribution in [3.05, 3.63) is 24.3 Å². The van der Waals surface area contributed by atoms with Gasteiger partial charge in [-0.1, -0.05) is 12.1 Å². The van der Waals surface area contributed by atoms with Crippen LogP contribution in [0.25, 0.3) is 0 Å². The van der Waals surface area contributed by atoms with Gasteiger partial charge in [0.05, 0.1) is 19.2 Å². The van der Waals surface area contributed by atoms with Crippen LogP contribution in [0.5, 0.6) is 5.75 Å². The Kier molecular flexibility index (Phi) is 4.74. The number of rotatable bonds is 5. The van der Waals surface area contributed by atoms with Crippen LogP contribution in [0.15, 0.2) is 24.3 Å². The second-order valence-electron chi connectivity index (χ2n) is 4.73. The molecule has 0 aromatic heterocycles. The van der Waals surface area contributed by atoms with Crippen LogP contribution < -0.4 is 15.4 Å². The molecule has 0 saturated heterocycles.